The highest BCUT2D eigenvalue weighted by atomic mass is 19.1. The number of amides is 1. The molecule has 2 N–H and O–H groups in total. The molecule has 7 heteroatoms. The zero-order chi connectivity index (χ0) is 21.3. The van der Waals surface area contributed by atoms with Crippen LogP contribution in [0.15, 0.2) is 66.7 Å². The van der Waals surface area contributed by atoms with Gasteiger partial charge in [0, 0.05) is 17.5 Å². The van der Waals surface area contributed by atoms with Crippen LogP contribution in [0, 0.1) is 11.6 Å². The van der Waals surface area contributed by atoms with Crippen LogP contribution in [0.2, 0.25) is 0 Å². The lowest BCUT2D eigenvalue weighted by Gasteiger charge is -2.18. The van der Waals surface area contributed by atoms with Crippen LogP contribution in [0.25, 0.3) is 11.1 Å². The van der Waals surface area contributed by atoms with Gasteiger partial charge >= 0.3 is 12.1 Å². The molecule has 0 saturated carbocycles. The number of halogens is 2. The van der Waals surface area contributed by atoms with Gasteiger partial charge in [0.1, 0.15) is 18.2 Å². The fourth-order valence-electron chi connectivity index (χ4n) is 3.77. The van der Waals surface area contributed by atoms with Crippen LogP contribution in [0.4, 0.5) is 13.6 Å². The number of aliphatic carboxylic acids is 1. The van der Waals surface area contributed by atoms with Gasteiger partial charge in [-0.15, -0.1) is 0 Å². The molecule has 3 aromatic carbocycles. The van der Waals surface area contributed by atoms with Gasteiger partial charge in [-0.3, -0.25) is 0 Å². The number of carbonyl (C=O) groups excluding carboxylic acids is 1. The van der Waals surface area contributed by atoms with E-state index in [9.17, 15) is 23.5 Å². The Bertz CT molecular complexity index is 1090. The molecule has 4 rings (SSSR count). The van der Waals surface area contributed by atoms with E-state index in [4.69, 9.17) is 4.74 Å². The first-order valence-electron chi connectivity index (χ1n) is 9.25. The van der Waals surface area contributed by atoms with Crippen LogP contribution < -0.4 is 5.32 Å². The average molecular weight is 409 g/mol. The number of hydrogen-bond donors (Lipinski definition) is 2. The van der Waals surface area contributed by atoms with Crippen molar-refractivity contribution in [3.05, 3.63) is 95.1 Å². The van der Waals surface area contributed by atoms with Crippen molar-refractivity contribution in [3.8, 4) is 11.1 Å². The number of ether oxygens (including phenoxy) is 1. The molecule has 30 heavy (non-hydrogen) atoms. The maximum atomic E-state index is 14.0. The Kier molecular flexibility index (Phi) is 5.18. The molecule has 0 aromatic heterocycles. The number of alkyl carbamates (subject to hydrolysis) is 1. The van der Waals surface area contributed by atoms with Crippen LogP contribution in [-0.2, 0) is 9.53 Å². The highest BCUT2D eigenvalue weighted by Crippen LogP contribution is 2.44. The largest absolute Gasteiger partial charge is 0.479 e. The fraction of sp³-hybridized carbons (Fsp3) is 0.130. The molecule has 0 unspecified atom stereocenters. The van der Waals surface area contributed by atoms with Crippen LogP contribution in [0.3, 0.4) is 0 Å². The van der Waals surface area contributed by atoms with E-state index in [1.807, 2.05) is 48.5 Å². The van der Waals surface area contributed by atoms with E-state index in [-0.39, 0.29) is 18.1 Å². The van der Waals surface area contributed by atoms with Crippen LogP contribution in [0.5, 0.6) is 0 Å². The van der Waals surface area contributed by atoms with Crippen molar-refractivity contribution in [2.75, 3.05) is 6.61 Å². The Morgan fingerprint density at radius 2 is 1.57 bits per heavy atom. The van der Waals surface area contributed by atoms with Gasteiger partial charge in [0.15, 0.2) is 6.04 Å². The third-order valence-corrected chi connectivity index (χ3v) is 5.13. The standard InChI is InChI=1S/C23H17F2NO4/c24-13-9-10-18(20(25)11-13)21(22(27)28)26-23(29)30-12-19-16-7-3-1-5-14(16)15-6-2-4-8-17(15)19/h1-11,19,21H,12H2,(H,26,29)(H,27,28)/t21-/m0/s1. The quantitative estimate of drug-likeness (QED) is 0.644. The second-order valence-corrected chi connectivity index (χ2v) is 6.91. The Morgan fingerprint density at radius 1 is 0.967 bits per heavy atom. The van der Waals surface area contributed by atoms with Crippen molar-refractivity contribution >= 4 is 12.1 Å². The Hall–Kier alpha value is -3.74. The number of carbonyl (C=O) groups is 2. The fourth-order valence-corrected chi connectivity index (χ4v) is 3.77. The summed E-state index contributed by atoms with van der Waals surface area (Å²) < 4.78 is 32.4. The molecule has 0 heterocycles. The topological polar surface area (TPSA) is 75.6 Å². The normalized spacial score (nSPS) is 13.3. The lowest BCUT2D eigenvalue weighted by molar-refractivity contribution is -0.139. The predicted octanol–water partition coefficient (Wildman–Crippen LogP) is 4.63. The zero-order valence-electron chi connectivity index (χ0n) is 15.6. The molecule has 0 bridgehead atoms. The summed E-state index contributed by atoms with van der Waals surface area (Å²) in [6.45, 7) is -0.0158. The second kappa shape index (κ2) is 7.94. The number of nitrogens with one attached hydrogen (secondary N) is 1. The van der Waals surface area contributed by atoms with Crippen LogP contribution in [-0.4, -0.2) is 23.8 Å². The van der Waals surface area contributed by atoms with Crippen molar-refractivity contribution in [2.24, 2.45) is 0 Å². The highest BCUT2D eigenvalue weighted by Gasteiger charge is 2.30. The highest BCUT2D eigenvalue weighted by molar-refractivity contribution is 5.82. The smallest absolute Gasteiger partial charge is 0.408 e. The maximum Gasteiger partial charge on any atom is 0.408 e. The van der Waals surface area contributed by atoms with E-state index in [0.29, 0.717) is 6.07 Å². The minimum absolute atomic E-state index is 0.0158. The van der Waals surface area contributed by atoms with Gasteiger partial charge in [0.25, 0.3) is 0 Å². The summed E-state index contributed by atoms with van der Waals surface area (Å²) in [6.07, 6.45) is -1.01. The van der Waals surface area contributed by atoms with E-state index in [0.717, 1.165) is 34.4 Å². The molecule has 152 valence electrons. The van der Waals surface area contributed by atoms with Crippen molar-refractivity contribution in [3.63, 3.8) is 0 Å². The second-order valence-electron chi connectivity index (χ2n) is 6.91. The molecule has 0 saturated heterocycles. The average Bonchev–Trinajstić information content (AvgIpc) is 3.05. The molecule has 0 radical (unpaired) electrons. The van der Waals surface area contributed by atoms with Crippen molar-refractivity contribution in [1.29, 1.82) is 0 Å². The zero-order valence-corrected chi connectivity index (χ0v) is 15.6. The van der Waals surface area contributed by atoms with E-state index in [1.165, 1.54) is 0 Å². The molecule has 0 fully saturated rings. The Balaban J connectivity index is 1.50. The summed E-state index contributed by atoms with van der Waals surface area (Å²) in [7, 11) is 0. The van der Waals surface area contributed by atoms with Gasteiger partial charge in [-0.05, 0) is 28.3 Å². The van der Waals surface area contributed by atoms with E-state index < -0.39 is 29.7 Å². The van der Waals surface area contributed by atoms with Gasteiger partial charge in [-0.2, -0.15) is 0 Å². The maximum absolute atomic E-state index is 14.0. The summed E-state index contributed by atoms with van der Waals surface area (Å²) >= 11 is 0. The minimum Gasteiger partial charge on any atom is -0.479 e. The molecule has 0 spiro atoms. The predicted molar refractivity (Wildman–Crippen MR) is 105 cm³/mol. The van der Waals surface area contributed by atoms with Crippen LogP contribution >= 0.6 is 0 Å². The van der Waals surface area contributed by atoms with Crippen molar-refractivity contribution in [1.82, 2.24) is 5.32 Å². The first-order valence-corrected chi connectivity index (χ1v) is 9.25. The molecular formula is C23H17F2NO4. The third kappa shape index (κ3) is 3.61. The summed E-state index contributed by atoms with van der Waals surface area (Å²) in [5.41, 5.74) is 3.76. The third-order valence-electron chi connectivity index (χ3n) is 5.13. The number of fused-ring (bicyclic) bond motifs is 3. The summed E-state index contributed by atoms with van der Waals surface area (Å²) in [5, 5.41) is 11.5. The van der Waals surface area contributed by atoms with Gasteiger partial charge in [0.2, 0.25) is 0 Å². The molecule has 1 aliphatic rings. The first kappa shape index (κ1) is 19.6. The Morgan fingerprint density at radius 3 is 2.13 bits per heavy atom. The van der Waals surface area contributed by atoms with E-state index in [2.05, 4.69) is 5.32 Å². The number of benzene rings is 3. The monoisotopic (exact) mass is 409 g/mol. The molecule has 3 aromatic rings. The number of rotatable bonds is 5. The lowest BCUT2D eigenvalue weighted by Crippen LogP contribution is -2.35. The van der Waals surface area contributed by atoms with E-state index in [1.54, 1.807) is 0 Å². The lowest BCUT2D eigenvalue weighted by atomic mass is 9.98. The molecule has 0 aliphatic heterocycles. The minimum atomic E-state index is -1.71. The SMILES string of the molecule is O=C(N[C@H](C(=O)O)c1ccc(F)cc1F)OCC1c2ccccc2-c2ccccc21. The molecule has 1 aliphatic carbocycles. The molecule has 1 amide bonds. The van der Waals surface area contributed by atoms with Crippen molar-refractivity contribution < 1.29 is 28.2 Å². The first-order chi connectivity index (χ1) is 14.5. The summed E-state index contributed by atoms with van der Waals surface area (Å²) in [5.74, 6) is -3.61. The molecule has 1 atom stereocenters. The van der Waals surface area contributed by atoms with E-state index >= 15 is 0 Å². The van der Waals surface area contributed by atoms with Crippen LogP contribution in [0.1, 0.15) is 28.7 Å². The van der Waals surface area contributed by atoms with Gasteiger partial charge < -0.3 is 15.2 Å². The Labute approximate surface area is 170 Å². The summed E-state index contributed by atoms with van der Waals surface area (Å²) in [6, 6.07) is 16.3. The molecule has 5 nitrogen and oxygen atoms in total. The van der Waals surface area contributed by atoms with Crippen molar-refractivity contribution in [2.45, 2.75) is 12.0 Å². The number of carboxylic acids is 1. The van der Waals surface area contributed by atoms with Gasteiger partial charge in [-0.1, -0.05) is 54.6 Å². The van der Waals surface area contributed by atoms with Gasteiger partial charge in [0.05, 0.1) is 0 Å². The number of hydrogen-bond acceptors (Lipinski definition) is 3. The summed E-state index contributed by atoms with van der Waals surface area (Å²) in [4.78, 5) is 23.8. The molecular weight excluding hydrogens is 392 g/mol. The number of carboxylic acid groups (broad SMARTS) is 1. The van der Waals surface area contributed by atoms with Gasteiger partial charge in [-0.25, -0.2) is 18.4 Å².